The minimum absolute atomic E-state index is 0.0169. The van der Waals surface area contributed by atoms with E-state index in [2.05, 4.69) is 0 Å². The quantitative estimate of drug-likeness (QED) is 0.880. The molecule has 1 amide bonds. The molecule has 19 heavy (non-hydrogen) atoms. The maximum Gasteiger partial charge on any atom is 0.320 e. The molecule has 0 aliphatic carbocycles. The molecule has 1 aliphatic heterocycles. The third kappa shape index (κ3) is 3.12. The maximum atomic E-state index is 12.2. The lowest BCUT2D eigenvalue weighted by Gasteiger charge is -2.36. The van der Waals surface area contributed by atoms with Gasteiger partial charge in [0.05, 0.1) is 0 Å². The molecule has 5 nitrogen and oxygen atoms in total. The molecule has 1 saturated heterocycles. The molecule has 5 heteroatoms. The summed E-state index contributed by atoms with van der Waals surface area (Å²) < 4.78 is 0. The first-order chi connectivity index (χ1) is 9.09. The van der Waals surface area contributed by atoms with Crippen molar-refractivity contribution in [3.63, 3.8) is 0 Å². The molecule has 0 aromatic heterocycles. The van der Waals surface area contributed by atoms with Crippen LogP contribution in [-0.2, 0) is 4.79 Å². The topological polar surface area (TPSA) is 60.9 Å². The summed E-state index contributed by atoms with van der Waals surface area (Å²) in [5.74, 6) is -0.800. The van der Waals surface area contributed by atoms with Crippen LogP contribution in [0.15, 0.2) is 30.3 Å². The highest BCUT2D eigenvalue weighted by molar-refractivity contribution is 5.94. The lowest BCUT2D eigenvalue weighted by Crippen LogP contribution is -2.53. The number of piperazine rings is 1. The highest BCUT2D eigenvalue weighted by Crippen LogP contribution is 2.10. The predicted molar refractivity (Wildman–Crippen MR) is 71.0 cm³/mol. The number of carbonyl (C=O) groups is 2. The molecular formula is C14H18N2O3. The first kappa shape index (κ1) is 13.5. The van der Waals surface area contributed by atoms with Gasteiger partial charge >= 0.3 is 5.97 Å². The third-order valence-electron chi connectivity index (χ3n) is 3.53. The summed E-state index contributed by atoms with van der Waals surface area (Å²) in [5.41, 5.74) is 0.683. The van der Waals surface area contributed by atoms with Crippen LogP contribution >= 0.6 is 0 Å². The molecular weight excluding hydrogens is 244 g/mol. The van der Waals surface area contributed by atoms with E-state index in [1.54, 1.807) is 24.0 Å². The zero-order chi connectivity index (χ0) is 13.8. The van der Waals surface area contributed by atoms with Gasteiger partial charge in [0.15, 0.2) is 0 Å². The van der Waals surface area contributed by atoms with Crippen LogP contribution in [0, 0.1) is 0 Å². The van der Waals surface area contributed by atoms with Crippen molar-refractivity contribution in [3.05, 3.63) is 35.9 Å². The van der Waals surface area contributed by atoms with Crippen LogP contribution < -0.4 is 0 Å². The average Bonchev–Trinajstić information content (AvgIpc) is 2.46. The van der Waals surface area contributed by atoms with Gasteiger partial charge in [-0.05, 0) is 19.1 Å². The van der Waals surface area contributed by atoms with E-state index in [-0.39, 0.29) is 5.91 Å². The van der Waals surface area contributed by atoms with Gasteiger partial charge in [-0.25, -0.2) is 0 Å². The number of hydrogen-bond donors (Lipinski definition) is 1. The van der Waals surface area contributed by atoms with Crippen molar-refractivity contribution in [2.24, 2.45) is 0 Å². The number of aliphatic carboxylic acids is 1. The van der Waals surface area contributed by atoms with Gasteiger partial charge in [-0.15, -0.1) is 0 Å². The lowest BCUT2D eigenvalue weighted by molar-refractivity contribution is -0.143. The summed E-state index contributed by atoms with van der Waals surface area (Å²) in [7, 11) is 0. The van der Waals surface area contributed by atoms with Gasteiger partial charge in [0.25, 0.3) is 5.91 Å². The van der Waals surface area contributed by atoms with Crippen molar-refractivity contribution in [2.75, 3.05) is 26.2 Å². The Hall–Kier alpha value is -1.88. The van der Waals surface area contributed by atoms with Crippen molar-refractivity contribution in [2.45, 2.75) is 13.0 Å². The minimum Gasteiger partial charge on any atom is -0.480 e. The monoisotopic (exact) mass is 262 g/mol. The van der Waals surface area contributed by atoms with Gasteiger partial charge in [-0.2, -0.15) is 0 Å². The molecule has 1 fully saturated rings. The zero-order valence-electron chi connectivity index (χ0n) is 11.0. The Bertz CT molecular complexity index is 453. The van der Waals surface area contributed by atoms with Crippen LogP contribution in [0.3, 0.4) is 0 Å². The summed E-state index contributed by atoms with van der Waals surface area (Å²) in [5, 5.41) is 8.97. The minimum atomic E-state index is -0.817. The van der Waals surface area contributed by atoms with E-state index < -0.39 is 12.0 Å². The number of carboxylic acids is 1. The van der Waals surface area contributed by atoms with Crippen LogP contribution in [0.25, 0.3) is 0 Å². The number of rotatable bonds is 3. The maximum absolute atomic E-state index is 12.2. The second kappa shape index (κ2) is 5.84. The van der Waals surface area contributed by atoms with Crippen molar-refractivity contribution in [1.29, 1.82) is 0 Å². The number of carboxylic acid groups (broad SMARTS) is 1. The highest BCUT2D eigenvalue weighted by atomic mass is 16.4. The molecule has 1 aromatic rings. The summed E-state index contributed by atoms with van der Waals surface area (Å²) in [6.45, 7) is 4.03. The van der Waals surface area contributed by atoms with Gasteiger partial charge in [0, 0.05) is 31.7 Å². The smallest absolute Gasteiger partial charge is 0.320 e. The van der Waals surface area contributed by atoms with E-state index >= 15 is 0 Å². The molecule has 0 bridgehead atoms. The number of nitrogens with zero attached hydrogens (tertiary/aromatic N) is 2. The van der Waals surface area contributed by atoms with E-state index in [1.165, 1.54) is 0 Å². The summed E-state index contributed by atoms with van der Waals surface area (Å²) in [4.78, 5) is 26.8. The fourth-order valence-electron chi connectivity index (χ4n) is 2.23. The molecule has 0 unspecified atom stereocenters. The molecule has 2 rings (SSSR count). The molecule has 1 aromatic carbocycles. The largest absolute Gasteiger partial charge is 0.480 e. The predicted octanol–water partition coefficient (Wildman–Crippen LogP) is 0.917. The number of amides is 1. The number of benzene rings is 1. The second-order valence-corrected chi connectivity index (χ2v) is 4.71. The van der Waals surface area contributed by atoms with E-state index in [4.69, 9.17) is 5.11 Å². The molecule has 0 saturated carbocycles. The molecule has 1 N–H and O–H groups in total. The first-order valence-electron chi connectivity index (χ1n) is 6.41. The molecule has 0 spiro atoms. The van der Waals surface area contributed by atoms with Gasteiger partial charge in [0.2, 0.25) is 0 Å². The van der Waals surface area contributed by atoms with E-state index in [1.807, 2.05) is 23.1 Å². The molecule has 1 heterocycles. The zero-order valence-corrected chi connectivity index (χ0v) is 11.0. The average molecular weight is 262 g/mol. The summed E-state index contributed by atoms with van der Waals surface area (Å²) in [6.07, 6.45) is 0. The van der Waals surface area contributed by atoms with Crippen LogP contribution in [0.5, 0.6) is 0 Å². The second-order valence-electron chi connectivity index (χ2n) is 4.71. The highest BCUT2D eigenvalue weighted by Gasteiger charge is 2.27. The van der Waals surface area contributed by atoms with Crippen LogP contribution in [0.4, 0.5) is 0 Å². The Morgan fingerprint density at radius 1 is 1.11 bits per heavy atom. The molecule has 1 atom stereocenters. The van der Waals surface area contributed by atoms with Crippen LogP contribution in [0.1, 0.15) is 17.3 Å². The van der Waals surface area contributed by atoms with E-state index in [0.717, 1.165) is 0 Å². The number of hydrogen-bond acceptors (Lipinski definition) is 3. The fourth-order valence-corrected chi connectivity index (χ4v) is 2.23. The van der Waals surface area contributed by atoms with Gasteiger partial charge in [0.1, 0.15) is 6.04 Å². The number of carbonyl (C=O) groups excluding carboxylic acids is 1. The SMILES string of the molecule is C[C@@H](C(=O)O)N1CCN(C(=O)c2ccccc2)CC1. The Morgan fingerprint density at radius 2 is 1.68 bits per heavy atom. The van der Waals surface area contributed by atoms with Crippen molar-refractivity contribution in [3.8, 4) is 0 Å². The van der Waals surface area contributed by atoms with Gasteiger partial charge < -0.3 is 10.0 Å². The first-order valence-corrected chi connectivity index (χ1v) is 6.41. The standard InChI is InChI=1S/C14H18N2O3/c1-11(14(18)19)15-7-9-16(10-8-15)13(17)12-5-3-2-4-6-12/h2-6,11H,7-10H2,1H3,(H,18,19)/t11-/m0/s1. The normalized spacial score (nSPS) is 18.1. The Labute approximate surface area is 112 Å². The third-order valence-corrected chi connectivity index (χ3v) is 3.53. The summed E-state index contributed by atoms with van der Waals surface area (Å²) >= 11 is 0. The van der Waals surface area contributed by atoms with Gasteiger partial charge in [-0.1, -0.05) is 18.2 Å². The van der Waals surface area contributed by atoms with Crippen LogP contribution in [-0.4, -0.2) is 59.0 Å². The van der Waals surface area contributed by atoms with Crippen LogP contribution in [0.2, 0.25) is 0 Å². The van der Waals surface area contributed by atoms with Gasteiger partial charge in [-0.3, -0.25) is 14.5 Å². The Balaban J connectivity index is 1.93. The van der Waals surface area contributed by atoms with Crippen molar-refractivity contribution < 1.29 is 14.7 Å². The summed E-state index contributed by atoms with van der Waals surface area (Å²) in [6, 6.07) is 8.67. The fraction of sp³-hybridized carbons (Fsp3) is 0.429. The molecule has 102 valence electrons. The van der Waals surface area contributed by atoms with Crippen molar-refractivity contribution in [1.82, 2.24) is 9.80 Å². The Morgan fingerprint density at radius 3 is 2.21 bits per heavy atom. The van der Waals surface area contributed by atoms with E-state index in [0.29, 0.717) is 31.7 Å². The van der Waals surface area contributed by atoms with Crippen molar-refractivity contribution >= 4 is 11.9 Å². The van der Waals surface area contributed by atoms with E-state index in [9.17, 15) is 9.59 Å². The molecule has 0 radical (unpaired) electrons. The Kier molecular flexibility index (Phi) is 4.16. The molecule has 1 aliphatic rings. The lowest BCUT2D eigenvalue weighted by atomic mass is 10.1.